The standard InChI is InChI=1S/C19H21F2NO4/c1-3-25-17-12-14(6-9-16(17)24-2)18(23)22-11-10-13-4-7-15(8-5-13)26-19(20)21/h4-9,12,19H,3,10-11H2,1-2H3,(H,22,23). The minimum Gasteiger partial charge on any atom is -0.493 e. The largest absolute Gasteiger partial charge is 0.493 e. The van der Waals surface area contributed by atoms with Crippen molar-refractivity contribution in [1.29, 1.82) is 0 Å². The second-order valence-electron chi connectivity index (χ2n) is 5.33. The number of ether oxygens (including phenoxy) is 3. The number of rotatable bonds is 9. The molecule has 2 aromatic rings. The van der Waals surface area contributed by atoms with Crippen molar-refractivity contribution in [2.45, 2.75) is 20.0 Å². The first-order valence-corrected chi connectivity index (χ1v) is 8.16. The molecular weight excluding hydrogens is 344 g/mol. The van der Waals surface area contributed by atoms with Crippen molar-refractivity contribution in [3.63, 3.8) is 0 Å². The van der Waals surface area contributed by atoms with Gasteiger partial charge in [0.1, 0.15) is 5.75 Å². The smallest absolute Gasteiger partial charge is 0.387 e. The van der Waals surface area contributed by atoms with Gasteiger partial charge in [-0.1, -0.05) is 12.1 Å². The van der Waals surface area contributed by atoms with Crippen molar-refractivity contribution in [3.05, 3.63) is 53.6 Å². The van der Waals surface area contributed by atoms with Gasteiger partial charge in [-0.3, -0.25) is 4.79 Å². The number of hydrogen-bond acceptors (Lipinski definition) is 4. The van der Waals surface area contributed by atoms with E-state index in [4.69, 9.17) is 9.47 Å². The Bertz CT molecular complexity index is 720. The fourth-order valence-electron chi connectivity index (χ4n) is 2.35. The van der Waals surface area contributed by atoms with Gasteiger partial charge in [-0.15, -0.1) is 0 Å². The van der Waals surface area contributed by atoms with E-state index in [0.717, 1.165) is 5.56 Å². The van der Waals surface area contributed by atoms with Gasteiger partial charge in [-0.05, 0) is 49.2 Å². The lowest BCUT2D eigenvalue weighted by atomic mass is 10.1. The molecule has 0 fully saturated rings. The van der Waals surface area contributed by atoms with Gasteiger partial charge in [0.2, 0.25) is 0 Å². The van der Waals surface area contributed by atoms with Crippen molar-refractivity contribution in [2.75, 3.05) is 20.3 Å². The average molecular weight is 365 g/mol. The lowest BCUT2D eigenvalue weighted by Gasteiger charge is -2.11. The normalized spacial score (nSPS) is 10.5. The maximum atomic E-state index is 12.3. The minimum absolute atomic E-state index is 0.106. The quantitative estimate of drug-likeness (QED) is 0.737. The van der Waals surface area contributed by atoms with Crippen molar-refractivity contribution in [1.82, 2.24) is 5.32 Å². The second kappa shape index (κ2) is 9.60. The highest BCUT2D eigenvalue weighted by atomic mass is 19.3. The second-order valence-corrected chi connectivity index (χ2v) is 5.33. The number of nitrogens with one attached hydrogen (secondary N) is 1. The molecule has 0 aliphatic rings. The summed E-state index contributed by atoms with van der Waals surface area (Å²) < 4.78 is 39.2. The Hall–Kier alpha value is -2.83. The van der Waals surface area contributed by atoms with Crippen molar-refractivity contribution >= 4 is 5.91 Å². The van der Waals surface area contributed by atoms with Crippen LogP contribution in [0.5, 0.6) is 17.2 Å². The first kappa shape index (κ1) is 19.5. The van der Waals surface area contributed by atoms with Crippen molar-refractivity contribution < 1.29 is 27.8 Å². The highest BCUT2D eigenvalue weighted by Gasteiger charge is 2.11. The minimum atomic E-state index is -2.84. The highest BCUT2D eigenvalue weighted by molar-refractivity contribution is 5.94. The molecule has 26 heavy (non-hydrogen) atoms. The van der Waals surface area contributed by atoms with Gasteiger partial charge in [0.15, 0.2) is 11.5 Å². The van der Waals surface area contributed by atoms with Crippen LogP contribution in [0.4, 0.5) is 8.78 Å². The molecule has 0 aromatic heterocycles. The van der Waals surface area contributed by atoms with Crippen LogP contribution >= 0.6 is 0 Å². The molecule has 140 valence electrons. The van der Waals surface area contributed by atoms with E-state index in [0.29, 0.717) is 36.6 Å². The summed E-state index contributed by atoms with van der Waals surface area (Å²) >= 11 is 0. The number of amides is 1. The Kier molecular flexibility index (Phi) is 7.20. The molecule has 1 amide bonds. The molecular formula is C19H21F2NO4. The Morgan fingerprint density at radius 1 is 1.12 bits per heavy atom. The van der Waals surface area contributed by atoms with E-state index in [1.54, 1.807) is 30.3 Å². The van der Waals surface area contributed by atoms with Crippen LogP contribution in [0.2, 0.25) is 0 Å². The predicted octanol–water partition coefficient (Wildman–Crippen LogP) is 3.67. The molecule has 0 aliphatic carbocycles. The zero-order valence-corrected chi connectivity index (χ0v) is 14.6. The molecule has 0 heterocycles. The summed E-state index contributed by atoms with van der Waals surface area (Å²) in [6, 6.07) is 11.3. The van der Waals surface area contributed by atoms with Crippen LogP contribution in [-0.2, 0) is 6.42 Å². The molecule has 0 bridgehead atoms. The number of alkyl halides is 2. The number of benzene rings is 2. The monoisotopic (exact) mass is 365 g/mol. The van der Waals surface area contributed by atoms with E-state index < -0.39 is 6.61 Å². The van der Waals surface area contributed by atoms with Crippen LogP contribution in [0.15, 0.2) is 42.5 Å². The molecule has 0 spiro atoms. The lowest BCUT2D eigenvalue weighted by molar-refractivity contribution is -0.0498. The number of methoxy groups -OCH3 is 1. The Morgan fingerprint density at radius 3 is 2.46 bits per heavy atom. The average Bonchev–Trinajstić information content (AvgIpc) is 2.63. The van der Waals surface area contributed by atoms with Crippen molar-refractivity contribution in [3.8, 4) is 17.2 Å². The third kappa shape index (κ3) is 5.61. The van der Waals surface area contributed by atoms with Crippen LogP contribution < -0.4 is 19.5 Å². The topological polar surface area (TPSA) is 56.8 Å². The Balaban J connectivity index is 1.89. The summed E-state index contributed by atoms with van der Waals surface area (Å²) in [5.74, 6) is 0.951. The molecule has 0 unspecified atom stereocenters. The summed E-state index contributed by atoms with van der Waals surface area (Å²) in [4.78, 5) is 12.3. The lowest BCUT2D eigenvalue weighted by Crippen LogP contribution is -2.25. The zero-order valence-electron chi connectivity index (χ0n) is 14.6. The maximum Gasteiger partial charge on any atom is 0.387 e. The molecule has 2 aromatic carbocycles. The third-order valence-electron chi connectivity index (χ3n) is 3.57. The fourth-order valence-corrected chi connectivity index (χ4v) is 2.35. The Morgan fingerprint density at radius 2 is 1.85 bits per heavy atom. The fraction of sp³-hybridized carbons (Fsp3) is 0.316. The van der Waals surface area contributed by atoms with Crippen LogP contribution in [0, 0.1) is 0 Å². The molecule has 0 saturated carbocycles. The third-order valence-corrected chi connectivity index (χ3v) is 3.57. The van der Waals surface area contributed by atoms with E-state index in [2.05, 4.69) is 10.1 Å². The molecule has 0 aliphatic heterocycles. The molecule has 5 nitrogen and oxygen atoms in total. The van der Waals surface area contributed by atoms with Gasteiger partial charge in [0, 0.05) is 12.1 Å². The van der Waals surface area contributed by atoms with Gasteiger partial charge in [-0.2, -0.15) is 8.78 Å². The number of carbonyl (C=O) groups excluding carboxylic acids is 1. The Labute approximate surface area is 150 Å². The summed E-state index contributed by atoms with van der Waals surface area (Å²) in [5, 5.41) is 2.81. The first-order valence-electron chi connectivity index (χ1n) is 8.16. The summed E-state index contributed by atoms with van der Waals surface area (Å²) in [7, 11) is 1.54. The van der Waals surface area contributed by atoms with Crippen LogP contribution in [-0.4, -0.2) is 32.8 Å². The zero-order chi connectivity index (χ0) is 18.9. The number of hydrogen-bond donors (Lipinski definition) is 1. The van der Waals surface area contributed by atoms with E-state index in [-0.39, 0.29) is 11.7 Å². The van der Waals surface area contributed by atoms with Gasteiger partial charge in [0.25, 0.3) is 5.91 Å². The van der Waals surface area contributed by atoms with Crippen LogP contribution in [0.3, 0.4) is 0 Å². The summed E-state index contributed by atoms with van der Waals surface area (Å²) in [6.45, 7) is -0.119. The molecule has 0 atom stereocenters. The molecule has 1 N–H and O–H groups in total. The van der Waals surface area contributed by atoms with Gasteiger partial charge in [-0.25, -0.2) is 0 Å². The SMILES string of the molecule is CCOc1cc(C(=O)NCCc2ccc(OC(F)F)cc2)ccc1OC. The van der Waals surface area contributed by atoms with Crippen LogP contribution in [0.25, 0.3) is 0 Å². The van der Waals surface area contributed by atoms with E-state index >= 15 is 0 Å². The summed E-state index contributed by atoms with van der Waals surface area (Å²) in [5.41, 5.74) is 1.37. The maximum absolute atomic E-state index is 12.3. The highest BCUT2D eigenvalue weighted by Crippen LogP contribution is 2.28. The van der Waals surface area contributed by atoms with E-state index in [9.17, 15) is 13.6 Å². The van der Waals surface area contributed by atoms with Crippen molar-refractivity contribution in [2.24, 2.45) is 0 Å². The molecule has 0 saturated heterocycles. The van der Waals surface area contributed by atoms with Gasteiger partial charge < -0.3 is 19.5 Å². The van der Waals surface area contributed by atoms with E-state index in [1.165, 1.54) is 19.2 Å². The molecule has 7 heteroatoms. The number of carbonyl (C=O) groups is 1. The van der Waals surface area contributed by atoms with Gasteiger partial charge >= 0.3 is 6.61 Å². The first-order chi connectivity index (χ1) is 12.5. The van der Waals surface area contributed by atoms with E-state index in [1.807, 2.05) is 6.92 Å². The van der Waals surface area contributed by atoms with Crippen LogP contribution in [0.1, 0.15) is 22.8 Å². The van der Waals surface area contributed by atoms with Gasteiger partial charge in [0.05, 0.1) is 13.7 Å². The molecule has 0 radical (unpaired) electrons. The predicted molar refractivity (Wildman–Crippen MR) is 93.3 cm³/mol. The molecule has 2 rings (SSSR count). The summed E-state index contributed by atoms with van der Waals surface area (Å²) in [6.07, 6.45) is 0.565. The number of halogens is 2.